The number of ether oxygens (including phenoxy) is 1. The first-order chi connectivity index (χ1) is 16.6. The largest absolute Gasteiger partial charge is 0.492 e. The number of thioether (sulfide) groups is 1. The van der Waals surface area contributed by atoms with E-state index in [9.17, 15) is 9.59 Å². The predicted molar refractivity (Wildman–Crippen MR) is 130 cm³/mol. The monoisotopic (exact) mass is 478 g/mol. The molecule has 10 heteroatoms. The summed E-state index contributed by atoms with van der Waals surface area (Å²) in [5, 5.41) is 5.49. The van der Waals surface area contributed by atoms with Crippen LogP contribution in [0.4, 0.5) is 10.7 Å². The number of rotatable bonds is 7. The minimum absolute atomic E-state index is 0.0396. The van der Waals surface area contributed by atoms with Crippen molar-refractivity contribution in [3.05, 3.63) is 64.8 Å². The maximum atomic E-state index is 11.8. The number of carbonyl (C=O) groups is 2. The Balaban J connectivity index is 1.10. The topological polar surface area (TPSA) is 109 Å². The van der Waals surface area contributed by atoms with Crippen LogP contribution in [0.2, 0.25) is 0 Å². The second kappa shape index (κ2) is 10.4. The minimum atomic E-state index is -0.379. The number of piperidine rings is 1. The summed E-state index contributed by atoms with van der Waals surface area (Å²) in [4.78, 5) is 39.1. The van der Waals surface area contributed by atoms with Gasteiger partial charge in [0.2, 0.25) is 5.95 Å². The van der Waals surface area contributed by atoms with E-state index >= 15 is 0 Å². The molecule has 34 heavy (non-hydrogen) atoms. The maximum Gasteiger partial charge on any atom is 0.290 e. The Labute approximate surface area is 202 Å². The summed E-state index contributed by atoms with van der Waals surface area (Å²) >= 11 is 0.891. The highest BCUT2D eigenvalue weighted by atomic mass is 32.2. The Hall–Kier alpha value is -3.24. The molecule has 0 aromatic carbocycles. The van der Waals surface area contributed by atoms with Gasteiger partial charge in [0.15, 0.2) is 0 Å². The lowest BCUT2D eigenvalue weighted by Crippen LogP contribution is -2.38. The van der Waals surface area contributed by atoms with Gasteiger partial charge in [-0.3, -0.25) is 19.9 Å². The van der Waals surface area contributed by atoms with Gasteiger partial charge in [0.05, 0.1) is 22.6 Å². The van der Waals surface area contributed by atoms with Crippen LogP contribution in [0, 0.1) is 5.92 Å². The summed E-state index contributed by atoms with van der Waals surface area (Å²) in [6.07, 6.45) is 12.0. The second-order valence-electron chi connectivity index (χ2n) is 8.52. The average Bonchev–Trinajstić information content (AvgIpc) is 3.50. The van der Waals surface area contributed by atoms with E-state index in [0.717, 1.165) is 62.9 Å². The normalized spacial score (nSPS) is 21.8. The Morgan fingerprint density at radius 3 is 2.82 bits per heavy atom. The van der Waals surface area contributed by atoms with E-state index in [1.165, 1.54) is 5.56 Å². The molecule has 9 nitrogen and oxygen atoms in total. The van der Waals surface area contributed by atoms with Gasteiger partial charge in [-0.1, -0.05) is 0 Å². The Morgan fingerprint density at radius 1 is 1.21 bits per heavy atom. The molecule has 2 amide bonds. The Bertz CT molecular complexity index is 1120. The lowest BCUT2D eigenvalue weighted by atomic mass is 9.97. The third-order valence-electron chi connectivity index (χ3n) is 6.11. The third-order valence-corrected chi connectivity index (χ3v) is 6.92. The van der Waals surface area contributed by atoms with Crippen LogP contribution in [0.5, 0.6) is 0 Å². The summed E-state index contributed by atoms with van der Waals surface area (Å²) in [7, 11) is 0. The van der Waals surface area contributed by atoms with Gasteiger partial charge in [-0.05, 0) is 73.0 Å². The highest BCUT2D eigenvalue weighted by Gasteiger charge is 2.26. The number of nitrogens with zero attached hydrogens (tertiary/aromatic N) is 4. The SMILES string of the molecule is O=C1NC(=O)/C(=C/c2ccnc(N3CCC(CNCc4ccnc(C5CC=CO5)c4)CC3)n2)S1. The smallest absolute Gasteiger partial charge is 0.290 e. The zero-order valence-corrected chi connectivity index (χ0v) is 19.5. The van der Waals surface area contributed by atoms with E-state index in [1.807, 2.05) is 18.3 Å². The molecule has 0 saturated carbocycles. The first-order valence-corrected chi connectivity index (χ1v) is 12.2. The summed E-state index contributed by atoms with van der Waals surface area (Å²) < 4.78 is 5.58. The fourth-order valence-electron chi connectivity index (χ4n) is 4.26. The van der Waals surface area contributed by atoms with Crippen molar-refractivity contribution < 1.29 is 14.3 Å². The number of hydrogen-bond acceptors (Lipinski definition) is 9. The van der Waals surface area contributed by atoms with Crippen molar-refractivity contribution in [1.29, 1.82) is 0 Å². The van der Waals surface area contributed by atoms with Gasteiger partial charge in [0, 0.05) is 38.4 Å². The van der Waals surface area contributed by atoms with Gasteiger partial charge < -0.3 is 15.0 Å². The number of nitrogens with one attached hydrogen (secondary N) is 2. The predicted octanol–water partition coefficient (Wildman–Crippen LogP) is 3.18. The second-order valence-corrected chi connectivity index (χ2v) is 9.53. The molecule has 2 fully saturated rings. The molecule has 0 radical (unpaired) electrons. The van der Waals surface area contributed by atoms with Gasteiger partial charge in [0.25, 0.3) is 11.1 Å². The van der Waals surface area contributed by atoms with Crippen LogP contribution >= 0.6 is 11.8 Å². The number of aromatic nitrogens is 3. The minimum Gasteiger partial charge on any atom is -0.492 e. The highest BCUT2D eigenvalue weighted by Crippen LogP contribution is 2.27. The molecular formula is C24H26N6O3S. The van der Waals surface area contributed by atoms with Crippen molar-refractivity contribution in [2.45, 2.75) is 31.9 Å². The van der Waals surface area contributed by atoms with Crippen LogP contribution in [0.15, 0.2) is 47.8 Å². The fraction of sp³-hybridized carbons (Fsp3) is 0.375. The van der Waals surface area contributed by atoms with Crippen molar-refractivity contribution >= 4 is 34.9 Å². The average molecular weight is 479 g/mol. The highest BCUT2D eigenvalue weighted by molar-refractivity contribution is 8.18. The van der Waals surface area contributed by atoms with E-state index in [-0.39, 0.29) is 17.3 Å². The van der Waals surface area contributed by atoms with Crippen LogP contribution in [0.3, 0.4) is 0 Å². The lowest BCUT2D eigenvalue weighted by molar-refractivity contribution is -0.115. The van der Waals surface area contributed by atoms with Crippen LogP contribution in [0.1, 0.15) is 42.3 Å². The van der Waals surface area contributed by atoms with Crippen LogP contribution in [0.25, 0.3) is 6.08 Å². The summed E-state index contributed by atoms with van der Waals surface area (Å²) in [5.74, 6) is 0.869. The van der Waals surface area contributed by atoms with Crippen molar-refractivity contribution in [2.75, 3.05) is 24.5 Å². The standard InChI is InChI=1S/C24H26N6O3S/c31-22-21(34-24(32)29-22)13-18-4-8-27-23(28-18)30-9-5-16(6-10-30)14-25-15-17-3-7-26-19(12-17)20-2-1-11-33-20/h1,3-4,7-8,11-13,16,20,25H,2,5-6,9-10,14-15H2,(H,29,31,32)/b21-13-. The molecule has 3 aliphatic heterocycles. The zero-order chi connectivity index (χ0) is 23.3. The van der Waals surface area contributed by atoms with Crippen LogP contribution in [-0.4, -0.2) is 45.7 Å². The molecule has 2 aromatic heterocycles. The number of amides is 2. The number of pyridine rings is 1. The maximum absolute atomic E-state index is 11.8. The van der Waals surface area contributed by atoms with Gasteiger partial charge >= 0.3 is 0 Å². The summed E-state index contributed by atoms with van der Waals surface area (Å²) in [5.41, 5.74) is 2.82. The molecule has 3 aliphatic rings. The first kappa shape index (κ1) is 22.5. The molecular weight excluding hydrogens is 452 g/mol. The Kier molecular flexibility index (Phi) is 6.87. The molecule has 176 valence electrons. The van der Waals surface area contributed by atoms with Gasteiger partial charge in [-0.15, -0.1) is 0 Å². The van der Waals surface area contributed by atoms with E-state index in [1.54, 1.807) is 24.6 Å². The number of imide groups is 1. The number of anilines is 1. The first-order valence-electron chi connectivity index (χ1n) is 11.4. The van der Waals surface area contributed by atoms with Gasteiger partial charge in [-0.25, -0.2) is 9.97 Å². The van der Waals surface area contributed by atoms with Crippen LogP contribution in [-0.2, 0) is 16.1 Å². The quantitative estimate of drug-likeness (QED) is 0.580. The van der Waals surface area contributed by atoms with E-state index in [0.29, 0.717) is 22.5 Å². The van der Waals surface area contributed by atoms with Crippen molar-refractivity contribution in [2.24, 2.45) is 5.92 Å². The molecule has 1 unspecified atom stereocenters. The lowest BCUT2D eigenvalue weighted by Gasteiger charge is -2.32. The molecule has 2 saturated heterocycles. The molecule has 5 rings (SSSR count). The third kappa shape index (κ3) is 5.45. The van der Waals surface area contributed by atoms with E-state index < -0.39 is 0 Å². The zero-order valence-electron chi connectivity index (χ0n) is 18.6. The molecule has 0 aliphatic carbocycles. The number of hydrogen-bond donors (Lipinski definition) is 2. The number of carbonyl (C=O) groups excluding carboxylic acids is 2. The molecule has 2 N–H and O–H groups in total. The fourth-order valence-corrected chi connectivity index (χ4v) is 4.93. The van der Waals surface area contributed by atoms with Crippen molar-refractivity contribution in [1.82, 2.24) is 25.6 Å². The van der Waals surface area contributed by atoms with E-state index in [4.69, 9.17) is 4.74 Å². The van der Waals surface area contributed by atoms with Gasteiger partial charge in [-0.2, -0.15) is 0 Å². The van der Waals surface area contributed by atoms with Crippen LogP contribution < -0.4 is 15.5 Å². The summed E-state index contributed by atoms with van der Waals surface area (Å²) in [6.45, 7) is 3.53. The van der Waals surface area contributed by atoms with Gasteiger partial charge in [0.1, 0.15) is 6.10 Å². The Morgan fingerprint density at radius 2 is 2.06 bits per heavy atom. The van der Waals surface area contributed by atoms with Crippen molar-refractivity contribution in [3.8, 4) is 0 Å². The molecule has 0 bridgehead atoms. The molecule has 2 aromatic rings. The molecule has 5 heterocycles. The molecule has 1 atom stereocenters. The summed E-state index contributed by atoms with van der Waals surface area (Å²) in [6, 6.07) is 5.91. The van der Waals surface area contributed by atoms with E-state index in [2.05, 4.69) is 36.6 Å². The molecule has 0 spiro atoms. The van der Waals surface area contributed by atoms with Crippen molar-refractivity contribution in [3.63, 3.8) is 0 Å².